The largest absolute Gasteiger partial charge is 0.494 e. The second-order valence-corrected chi connectivity index (χ2v) is 5.91. The summed E-state index contributed by atoms with van der Waals surface area (Å²) in [5, 5.41) is 13.5. The summed E-state index contributed by atoms with van der Waals surface area (Å²) in [4.78, 5) is 8.64. The summed E-state index contributed by atoms with van der Waals surface area (Å²) in [6.07, 6.45) is 1.59. The Morgan fingerprint density at radius 3 is 2.79 bits per heavy atom. The molecule has 0 amide bonds. The van der Waals surface area contributed by atoms with Crippen molar-refractivity contribution in [2.75, 3.05) is 13.7 Å². The number of ether oxygens (including phenoxy) is 1. The number of aromatic nitrogens is 3. The lowest BCUT2D eigenvalue weighted by Crippen LogP contribution is -2.36. The third kappa shape index (κ3) is 5.72. The summed E-state index contributed by atoms with van der Waals surface area (Å²) in [5.74, 6) is 3.39. The number of aliphatic imine (C=N–C) groups is 1. The molecule has 2 heterocycles. The van der Waals surface area contributed by atoms with Crippen molar-refractivity contribution in [3.8, 4) is 17.3 Å². The van der Waals surface area contributed by atoms with Gasteiger partial charge in [-0.2, -0.15) is 0 Å². The predicted octanol–water partition coefficient (Wildman–Crippen LogP) is 3.26. The molecule has 0 aliphatic carbocycles. The van der Waals surface area contributed by atoms with Gasteiger partial charge in [-0.3, -0.25) is 10.1 Å². The molecule has 150 valence electrons. The fraction of sp³-hybridized carbons (Fsp3) is 0.316. The maximum absolute atomic E-state index is 5.72. The Labute approximate surface area is 181 Å². The highest BCUT2D eigenvalue weighted by Gasteiger charge is 2.09. The van der Waals surface area contributed by atoms with Crippen molar-refractivity contribution in [2.24, 2.45) is 4.99 Å². The molecule has 0 aliphatic heterocycles. The number of hydrogen-bond acceptors (Lipinski definition) is 5. The minimum absolute atomic E-state index is 0. The van der Waals surface area contributed by atoms with Crippen LogP contribution in [-0.2, 0) is 13.1 Å². The highest BCUT2D eigenvalue weighted by Crippen LogP contribution is 2.20. The number of furan rings is 1. The van der Waals surface area contributed by atoms with Crippen LogP contribution < -0.4 is 15.4 Å². The maximum Gasteiger partial charge on any atom is 0.216 e. The summed E-state index contributed by atoms with van der Waals surface area (Å²) in [6, 6.07) is 9.80. The second kappa shape index (κ2) is 10.7. The van der Waals surface area contributed by atoms with E-state index in [0.29, 0.717) is 43.1 Å². The van der Waals surface area contributed by atoms with Gasteiger partial charge in [0.15, 0.2) is 11.7 Å². The van der Waals surface area contributed by atoms with Crippen molar-refractivity contribution < 1.29 is 9.15 Å². The minimum atomic E-state index is 0. The molecule has 0 radical (unpaired) electrons. The van der Waals surface area contributed by atoms with Gasteiger partial charge in [-0.15, -0.1) is 29.1 Å². The van der Waals surface area contributed by atoms with E-state index in [4.69, 9.17) is 9.15 Å². The standard InChI is InChI=1S/C19H24N6O2.HI/c1-4-26-16-10-13(2)7-8-14(16)11-21-19(20-3)22-12-17-23-18(25-24-17)15-6-5-9-27-15;/h5-10H,4,11-12H2,1-3H3,(H2,20,21,22)(H,23,24,25);1H. The maximum atomic E-state index is 5.72. The smallest absolute Gasteiger partial charge is 0.216 e. The van der Waals surface area contributed by atoms with Crippen LogP contribution in [0.4, 0.5) is 0 Å². The molecule has 3 aromatic rings. The summed E-state index contributed by atoms with van der Waals surface area (Å²) >= 11 is 0. The van der Waals surface area contributed by atoms with Gasteiger partial charge in [-0.25, -0.2) is 4.98 Å². The van der Waals surface area contributed by atoms with E-state index in [-0.39, 0.29) is 24.0 Å². The number of H-pyrrole nitrogens is 1. The zero-order chi connectivity index (χ0) is 19.1. The van der Waals surface area contributed by atoms with Gasteiger partial charge in [0.25, 0.3) is 0 Å². The number of aromatic amines is 1. The Morgan fingerprint density at radius 1 is 1.25 bits per heavy atom. The molecule has 0 fully saturated rings. The molecule has 2 aromatic heterocycles. The van der Waals surface area contributed by atoms with E-state index in [9.17, 15) is 0 Å². The van der Waals surface area contributed by atoms with Crippen LogP contribution in [0.2, 0.25) is 0 Å². The molecule has 1 aromatic carbocycles. The number of nitrogens with one attached hydrogen (secondary N) is 3. The number of guanidine groups is 1. The van der Waals surface area contributed by atoms with Gasteiger partial charge in [0.1, 0.15) is 11.6 Å². The van der Waals surface area contributed by atoms with Crippen LogP contribution in [0.1, 0.15) is 23.9 Å². The van der Waals surface area contributed by atoms with Gasteiger partial charge in [-0.1, -0.05) is 12.1 Å². The van der Waals surface area contributed by atoms with E-state index < -0.39 is 0 Å². The predicted molar refractivity (Wildman–Crippen MR) is 119 cm³/mol. The van der Waals surface area contributed by atoms with Crippen LogP contribution in [0.3, 0.4) is 0 Å². The zero-order valence-electron chi connectivity index (χ0n) is 16.2. The monoisotopic (exact) mass is 496 g/mol. The van der Waals surface area contributed by atoms with Gasteiger partial charge >= 0.3 is 0 Å². The molecular formula is C19H25IN6O2. The number of hydrogen-bond donors (Lipinski definition) is 3. The lowest BCUT2D eigenvalue weighted by molar-refractivity contribution is 0.336. The van der Waals surface area contributed by atoms with Crippen LogP contribution in [0, 0.1) is 6.92 Å². The van der Waals surface area contributed by atoms with Gasteiger partial charge < -0.3 is 19.8 Å². The molecule has 8 nitrogen and oxygen atoms in total. The van der Waals surface area contributed by atoms with Gasteiger partial charge in [0.05, 0.1) is 19.4 Å². The molecule has 0 spiro atoms. The minimum Gasteiger partial charge on any atom is -0.494 e. The van der Waals surface area contributed by atoms with Crippen LogP contribution in [0.15, 0.2) is 46.0 Å². The fourth-order valence-corrected chi connectivity index (χ4v) is 2.56. The topological polar surface area (TPSA) is 100 Å². The van der Waals surface area contributed by atoms with Crippen LogP contribution in [0.5, 0.6) is 5.75 Å². The van der Waals surface area contributed by atoms with E-state index in [1.165, 1.54) is 5.56 Å². The lowest BCUT2D eigenvalue weighted by Gasteiger charge is -2.14. The Bertz CT molecular complexity index is 892. The normalized spacial score (nSPS) is 11.0. The molecule has 0 saturated carbocycles. The summed E-state index contributed by atoms with van der Waals surface area (Å²) in [5.41, 5.74) is 2.24. The van der Waals surface area contributed by atoms with Gasteiger partial charge in [0, 0.05) is 19.2 Å². The first kappa shape index (κ1) is 21.7. The number of aryl methyl sites for hydroxylation is 1. The highest BCUT2D eigenvalue weighted by molar-refractivity contribution is 14.0. The first-order valence-electron chi connectivity index (χ1n) is 8.81. The average molecular weight is 496 g/mol. The summed E-state index contributed by atoms with van der Waals surface area (Å²) < 4.78 is 11.0. The van der Waals surface area contributed by atoms with E-state index in [2.05, 4.69) is 49.9 Å². The molecular weight excluding hydrogens is 471 g/mol. The van der Waals surface area contributed by atoms with Crippen LogP contribution in [0.25, 0.3) is 11.6 Å². The first-order valence-corrected chi connectivity index (χ1v) is 8.81. The summed E-state index contributed by atoms with van der Waals surface area (Å²) in [7, 11) is 1.72. The number of halogens is 1. The molecule has 0 bridgehead atoms. The SMILES string of the molecule is CCOc1cc(C)ccc1CNC(=NC)NCc1nc(-c2ccco2)n[nH]1.I. The molecule has 3 N–H and O–H groups in total. The van der Waals surface area contributed by atoms with E-state index >= 15 is 0 Å². The number of nitrogens with zero attached hydrogens (tertiary/aromatic N) is 3. The highest BCUT2D eigenvalue weighted by atomic mass is 127. The Hall–Kier alpha value is -2.56. The first-order chi connectivity index (χ1) is 13.2. The third-order valence-electron chi connectivity index (χ3n) is 3.89. The van der Waals surface area contributed by atoms with Crippen LogP contribution in [-0.4, -0.2) is 34.8 Å². The molecule has 28 heavy (non-hydrogen) atoms. The van der Waals surface area contributed by atoms with Gasteiger partial charge in [0.2, 0.25) is 5.82 Å². The van der Waals surface area contributed by atoms with Crippen molar-refractivity contribution in [2.45, 2.75) is 26.9 Å². The van der Waals surface area contributed by atoms with Crippen molar-refractivity contribution in [3.05, 3.63) is 53.5 Å². The average Bonchev–Trinajstić information content (AvgIpc) is 3.35. The summed E-state index contributed by atoms with van der Waals surface area (Å²) in [6.45, 7) is 5.72. The molecule has 0 aliphatic rings. The van der Waals surface area contributed by atoms with Gasteiger partial charge in [-0.05, 0) is 37.6 Å². The quantitative estimate of drug-likeness (QED) is 0.264. The molecule has 0 saturated heterocycles. The Morgan fingerprint density at radius 2 is 2.07 bits per heavy atom. The lowest BCUT2D eigenvalue weighted by atomic mass is 10.1. The second-order valence-electron chi connectivity index (χ2n) is 5.91. The third-order valence-corrected chi connectivity index (χ3v) is 3.89. The number of rotatable bonds is 7. The van der Waals surface area contributed by atoms with Crippen molar-refractivity contribution in [1.82, 2.24) is 25.8 Å². The van der Waals surface area contributed by atoms with Crippen molar-refractivity contribution in [3.63, 3.8) is 0 Å². The zero-order valence-corrected chi connectivity index (χ0v) is 18.5. The van der Waals surface area contributed by atoms with Crippen LogP contribution >= 0.6 is 24.0 Å². The van der Waals surface area contributed by atoms with E-state index in [1.54, 1.807) is 19.4 Å². The van der Waals surface area contributed by atoms with E-state index in [1.807, 2.05) is 19.1 Å². The van der Waals surface area contributed by atoms with E-state index in [0.717, 1.165) is 11.3 Å². The Kier molecular flexibility index (Phi) is 8.30. The molecule has 0 atom stereocenters. The number of benzene rings is 1. The fourth-order valence-electron chi connectivity index (χ4n) is 2.56. The molecule has 9 heteroatoms. The van der Waals surface area contributed by atoms with Crippen molar-refractivity contribution in [1.29, 1.82) is 0 Å². The Balaban J connectivity index is 0.00000280. The van der Waals surface area contributed by atoms with Crippen molar-refractivity contribution >= 4 is 29.9 Å². The molecule has 0 unspecified atom stereocenters. The molecule has 3 rings (SSSR count).